The topological polar surface area (TPSA) is 66.7 Å². The van der Waals surface area contributed by atoms with Crippen molar-refractivity contribution in [2.24, 2.45) is 0 Å². The summed E-state index contributed by atoms with van der Waals surface area (Å²) in [6.45, 7) is 1.88. The molecule has 0 amide bonds. The zero-order valence-corrected chi connectivity index (χ0v) is 16.3. The van der Waals surface area contributed by atoms with Crippen molar-refractivity contribution in [1.29, 1.82) is 0 Å². The van der Waals surface area contributed by atoms with Gasteiger partial charge in [0.15, 0.2) is 0 Å². The van der Waals surface area contributed by atoms with E-state index in [4.69, 9.17) is 4.42 Å². The number of aromatic nitrogens is 1. The molecule has 0 bridgehead atoms. The molecule has 0 aliphatic carbocycles. The van der Waals surface area contributed by atoms with E-state index in [1.165, 1.54) is 4.31 Å². The van der Waals surface area contributed by atoms with Crippen LogP contribution in [-0.4, -0.2) is 48.8 Å². The first-order chi connectivity index (χ1) is 13.9. The predicted octanol–water partition coefficient (Wildman–Crippen LogP) is 3.13. The maximum atomic E-state index is 13.9. The number of sulfonamides is 1. The van der Waals surface area contributed by atoms with Gasteiger partial charge in [-0.2, -0.15) is 4.31 Å². The summed E-state index contributed by atoms with van der Waals surface area (Å²) in [4.78, 5) is 6.04. The second-order valence-electron chi connectivity index (χ2n) is 6.76. The lowest BCUT2D eigenvalue weighted by Crippen LogP contribution is -2.48. The molecule has 1 fully saturated rings. The van der Waals surface area contributed by atoms with E-state index in [-0.39, 0.29) is 13.1 Å². The molecule has 6 nitrogen and oxygen atoms in total. The molecule has 0 radical (unpaired) electrons. The molecule has 9 heteroatoms. The second kappa shape index (κ2) is 8.02. The molecule has 0 saturated carbocycles. The van der Waals surface area contributed by atoms with Gasteiger partial charge in [-0.25, -0.2) is 22.2 Å². The number of rotatable bonds is 5. The first-order valence-electron chi connectivity index (χ1n) is 9.11. The lowest BCUT2D eigenvalue weighted by atomic mass is 10.2. The summed E-state index contributed by atoms with van der Waals surface area (Å²) in [6.07, 6.45) is 1.60. The zero-order chi connectivity index (χ0) is 20.4. The normalized spacial score (nSPS) is 16.2. The molecule has 2 heterocycles. The van der Waals surface area contributed by atoms with Crippen molar-refractivity contribution in [3.63, 3.8) is 0 Å². The minimum Gasteiger partial charge on any atom is -0.444 e. The van der Waals surface area contributed by atoms with Gasteiger partial charge in [0.25, 0.3) is 0 Å². The molecule has 0 N–H and O–H groups in total. The molecule has 0 unspecified atom stereocenters. The Morgan fingerprint density at radius 2 is 1.72 bits per heavy atom. The standard InChI is InChI=1S/C20H19F2N3O3S/c21-16-6-7-19(18(22)12-16)29(26,27)25-10-8-24(9-11-25)13-17-14-28-20(23-17)15-4-2-1-3-5-15/h1-7,12,14H,8-11,13H2. The van der Waals surface area contributed by atoms with Crippen LogP contribution in [0.5, 0.6) is 0 Å². The average molecular weight is 419 g/mol. The first kappa shape index (κ1) is 19.7. The smallest absolute Gasteiger partial charge is 0.246 e. The molecule has 1 aliphatic heterocycles. The van der Waals surface area contributed by atoms with E-state index >= 15 is 0 Å². The third kappa shape index (κ3) is 4.21. The number of nitrogens with zero attached hydrogens (tertiary/aromatic N) is 3. The molecule has 152 valence electrons. The molecule has 1 aromatic heterocycles. The lowest BCUT2D eigenvalue weighted by molar-refractivity contribution is 0.179. The van der Waals surface area contributed by atoms with Gasteiger partial charge >= 0.3 is 0 Å². The molecule has 3 aromatic rings. The number of benzene rings is 2. The maximum Gasteiger partial charge on any atom is 0.246 e. The summed E-state index contributed by atoms with van der Waals surface area (Å²) in [5.41, 5.74) is 1.64. The largest absolute Gasteiger partial charge is 0.444 e. The van der Waals surface area contributed by atoms with Crippen molar-refractivity contribution >= 4 is 10.0 Å². The van der Waals surface area contributed by atoms with Gasteiger partial charge in [0, 0.05) is 44.4 Å². The van der Waals surface area contributed by atoms with E-state index in [2.05, 4.69) is 9.88 Å². The molecular weight excluding hydrogens is 400 g/mol. The van der Waals surface area contributed by atoms with E-state index in [9.17, 15) is 17.2 Å². The Balaban J connectivity index is 1.39. The van der Waals surface area contributed by atoms with Gasteiger partial charge in [0.1, 0.15) is 22.8 Å². The number of oxazole rings is 1. The van der Waals surface area contributed by atoms with E-state index < -0.39 is 26.6 Å². The summed E-state index contributed by atoms with van der Waals surface area (Å²) in [7, 11) is -4.01. The van der Waals surface area contributed by atoms with E-state index in [1.54, 1.807) is 6.26 Å². The Labute approximate surface area is 167 Å². The Morgan fingerprint density at radius 3 is 2.41 bits per heavy atom. The summed E-state index contributed by atoms with van der Waals surface area (Å²) in [6, 6.07) is 12.0. The fourth-order valence-corrected chi connectivity index (χ4v) is 4.74. The van der Waals surface area contributed by atoms with Crippen molar-refractivity contribution in [2.75, 3.05) is 26.2 Å². The highest BCUT2D eigenvalue weighted by Crippen LogP contribution is 2.23. The second-order valence-corrected chi connectivity index (χ2v) is 8.67. The number of hydrogen-bond donors (Lipinski definition) is 0. The van der Waals surface area contributed by atoms with Crippen LogP contribution in [0, 0.1) is 11.6 Å². The van der Waals surface area contributed by atoms with Crippen molar-refractivity contribution in [3.8, 4) is 11.5 Å². The summed E-state index contributed by atoms with van der Waals surface area (Å²) in [5, 5.41) is 0. The van der Waals surface area contributed by atoms with Crippen LogP contribution in [0.4, 0.5) is 8.78 Å². The number of hydrogen-bond acceptors (Lipinski definition) is 5. The van der Waals surface area contributed by atoms with Gasteiger partial charge in [0.2, 0.25) is 15.9 Å². The van der Waals surface area contributed by atoms with Crippen LogP contribution in [0.15, 0.2) is 64.1 Å². The molecule has 4 rings (SSSR count). The van der Waals surface area contributed by atoms with Crippen molar-refractivity contribution in [1.82, 2.24) is 14.2 Å². The molecular formula is C20H19F2N3O3S. The fraction of sp³-hybridized carbons (Fsp3) is 0.250. The average Bonchev–Trinajstić information content (AvgIpc) is 3.17. The van der Waals surface area contributed by atoms with Crippen molar-refractivity contribution in [3.05, 3.63) is 72.1 Å². The molecule has 2 aromatic carbocycles. The van der Waals surface area contributed by atoms with Crippen LogP contribution in [0.3, 0.4) is 0 Å². The van der Waals surface area contributed by atoms with Gasteiger partial charge in [-0.1, -0.05) is 18.2 Å². The number of halogens is 2. The predicted molar refractivity (Wildman–Crippen MR) is 102 cm³/mol. The molecule has 29 heavy (non-hydrogen) atoms. The Hall–Kier alpha value is -2.62. The third-order valence-electron chi connectivity index (χ3n) is 4.80. The zero-order valence-electron chi connectivity index (χ0n) is 15.5. The van der Waals surface area contributed by atoms with Gasteiger partial charge < -0.3 is 4.42 Å². The fourth-order valence-electron chi connectivity index (χ4n) is 3.27. The van der Waals surface area contributed by atoms with Crippen LogP contribution in [0.25, 0.3) is 11.5 Å². The van der Waals surface area contributed by atoms with Crippen LogP contribution >= 0.6 is 0 Å². The van der Waals surface area contributed by atoms with E-state index in [0.717, 1.165) is 23.4 Å². The van der Waals surface area contributed by atoms with Crippen LogP contribution in [-0.2, 0) is 16.6 Å². The molecule has 0 atom stereocenters. The van der Waals surface area contributed by atoms with Crippen molar-refractivity contribution < 1.29 is 21.6 Å². The number of piperazine rings is 1. The Bertz CT molecular complexity index is 1100. The van der Waals surface area contributed by atoms with Gasteiger partial charge in [-0.05, 0) is 24.3 Å². The highest BCUT2D eigenvalue weighted by atomic mass is 32.2. The van der Waals surface area contributed by atoms with Crippen molar-refractivity contribution in [2.45, 2.75) is 11.4 Å². The van der Waals surface area contributed by atoms with Crippen LogP contribution in [0.2, 0.25) is 0 Å². The highest BCUT2D eigenvalue weighted by Gasteiger charge is 2.31. The summed E-state index contributed by atoms with van der Waals surface area (Å²) < 4.78 is 59.1. The Kier molecular flexibility index (Phi) is 5.44. The van der Waals surface area contributed by atoms with Gasteiger partial charge in [0.05, 0.1) is 5.69 Å². The minimum atomic E-state index is -4.01. The SMILES string of the molecule is O=S(=O)(c1ccc(F)cc1F)N1CCN(Cc2coc(-c3ccccc3)n2)CC1. The Morgan fingerprint density at radius 1 is 1.00 bits per heavy atom. The van der Waals surface area contributed by atoms with E-state index in [1.807, 2.05) is 30.3 Å². The molecule has 1 aliphatic rings. The van der Waals surface area contributed by atoms with E-state index in [0.29, 0.717) is 31.6 Å². The summed E-state index contributed by atoms with van der Waals surface area (Å²) >= 11 is 0. The highest BCUT2D eigenvalue weighted by molar-refractivity contribution is 7.89. The van der Waals surface area contributed by atoms with Crippen LogP contribution in [0.1, 0.15) is 5.69 Å². The molecule has 0 spiro atoms. The molecule has 1 saturated heterocycles. The third-order valence-corrected chi connectivity index (χ3v) is 6.73. The lowest BCUT2D eigenvalue weighted by Gasteiger charge is -2.33. The maximum absolute atomic E-state index is 13.9. The quantitative estimate of drug-likeness (QED) is 0.636. The van der Waals surface area contributed by atoms with Gasteiger partial charge in [-0.3, -0.25) is 4.90 Å². The summed E-state index contributed by atoms with van der Waals surface area (Å²) in [5.74, 6) is -1.36. The first-order valence-corrected chi connectivity index (χ1v) is 10.5. The minimum absolute atomic E-state index is 0.211. The van der Waals surface area contributed by atoms with Crippen LogP contribution < -0.4 is 0 Å². The van der Waals surface area contributed by atoms with Gasteiger partial charge in [-0.15, -0.1) is 0 Å². The monoisotopic (exact) mass is 419 g/mol.